The Morgan fingerprint density at radius 1 is 1.04 bits per heavy atom. The third-order valence-electron chi connectivity index (χ3n) is 4.98. The van der Waals surface area contributed by atoms with Crippen LogP contribution in [0.15, 0.2) is 42.5 Å². The van der Waals surface area contributed by atoms with Crippen LogP contribution in [0, 0.1) is 0 Å². The minimum atomic E-state index is -4.38. The van der Waals surface area contributed by atoms with E-state index in [1.54, 1.807) is 18.2 Å². The van der Waals surface area contributed by atoms with Crippen LogP contribution in [0.3, 0.4) is 0 Å². The van der Waals surface area contributed by atoms with Gasteiger partial charge in [-0.2, -0.15) is 13.2 Å². The molecule has 28 heavy (non-hydrogen) atoms. The molecule has 0 spiro atoms. The third-order valence-corrected chi connectivity index (χ3v) is 4.98. The summed E-state index contributed by atoms with van der Waals surface area (Å²) >= 11 is 0. The number of amides is 1. The van der Waals surface area contributed by atoms with Crippen LogP contribution in [0.4, 0.5) is 30.2 Å². The average molecular weight is 392 g/mol. The number of carbonyl (C=O) groups is 1. The van der Waals surface area contributed by atoms with Gasteiger partial charge in [0.25, 0.3) is 5.91 Å². The molecule has 7 heteroatoms. The number of rotatable bonds is 7. The summed E-state index contributed by atoms with van der Waals surface area (Å²) in [4.78, 5) is 12.3. The van der Waals surface area contributed by atoms with E-state index >= 15 is 0 Å². The Morgan fingerprint density at radius 3 is 2.36 bits per heavy atom. The van der Waals surface area contributed by atoms with Crippen LogP contribution >= 0.6 is 0 Å². The molecule has 0 fully saturated rings. The van der Waals surface area contributed by atoms with Gasteiger partial charge in [0, 0.05) is 22.6 Å². The van der Waals surface area contributed by atoms with Crippen molar-refractivity contribution in [2.45, 2.75) is 50.8 Å². The Bertz CT molecular complexity index is 850. The molecule has 1 heterocycles. The van der Waals surface area contributed by atoms with Gasteiger partial charge < -0.3 is 15.7 Å². The second kappa shape index (κ2) is 7.83. The van der Waals surface area contributed by atoms with E-state index in [1.807, 2.05) is 0 Å². The lowest BCUT2D eigenvalue weighted by molar-refractivity contribution is -0.137. The van der Waals surface area contributed by atoms with E-state index in [9.17, 15) is 23.1 Å². The van der Waals surface area contributed by atoms with Crippen molar-refractivity contribution in [3.8, 4) is 0 Å². The number of halogens is 3. The molecule has 3 N–H and O–H groups in total. The number of alkyl halides is 3. The summed E-state index contributed by atoms with van der Waals surface area (Å²) in [5.74, 6) is -0.439. The number of benzene rings is 2. The zero-order valence-corrected chi connectivity index (χ0v) is 15.6. The first-order valence-corrected chi connectivity index (χ1v) is 9.36. The van der Waals surface area contributed by atoms with Crippen molar-refractivity contribution < 1.29 is 23.1 Å². The number of hydrogen-bond acceptors (Lipinski definition) is 3. The quantitative estimate of drug-likeness (QED) is 0.541. The van der Waals surface area contributed by atoms with E-state index in [2.05, 4.69) is 17.6 Å². The van der Waals surface area contributed by atoms with E-state index in [-0.39, 0.29) is 0 Å². The first kappa shape index (κ1) is 20.2. The number of carbonyl (C=O) groups excluding carboxylic acids is 1. The lowest BCUT2D eigenvalue weighted by Gasteiger charge is -2.21. The van der Waals surface area contributed by atoms with Gasteiger partial charge in [0.05, 0.1) is 5.56 Å². The molecular formula is C21H23F3N2O2. The van der Waals surface area contributed by atoms with Gasteiger partial charge in [-0.3, -0.25) is 4.79 Å². The van der Waals surface area contributed by atoms with Gasteiger partial charge in [-0.15, -0.1) is 0 Å². The highest BCUT2D eigenvalue weighted by molar-refractivity contribution is 6.05. The third kappa shape index (κ3) is 4.14. The number of aliphatic hydroxyl groups is 1. The maximum Gasteiger partial charge on any atom is 0.416 e. The largest absolute Gasteiger partial charge is 0.416 e. The van der Waals surface area contributed by atoms with Crippen molar-refractivity contribution in [2.75, 3.05) is 10.6 Å². The Balaban J connectivity index is 1.78. The van der Waals surface area contributed by atoms with Gasteiger partial charge >= 0.3 is 6.18 Å². The van der Waals surface area contributed by atoms with E-state index in [4.69, 9.17) is 0 Å². The maximum absolute atomic E-state index is 12.7. The van der Waals surface area contributed by atoms with Crippen molar-refractivity contribution in [1.82, 2.24) is 0 Å². The summed E-state index contributed by atoms with van der Waals surface area (Å²) in [6, 6.07) is 9.76. The standard InChI is InChI=1S/C21H23F3N2O2/c1-2-3-4-5-12-20(28)17-13-16(10-11-18(17)26-19(20)27)25-15-8-6-14(7-9-15)21(22,23)24/h6-11,13,25,28H,2-5,12H2,1H3,(H,26,27). The molecule has 1 amide bonds. The molecule has 1 aliphatic heterocycles. The van der Waals surface area contributed by atoms with Crippen molar-refractivity contribution in [1.29, 1.82) is 0 Å². The molecule has 0 aromatic heterocycles. The first-order chi connectivity index (χ1) is 13.2. The van der Waals surface area contributed by atoms with Crippen molar-refractivity contribution in [2.24, 2.45) is 0 Å². The second-order valence-corrected chi connectivity index (χ2v) is 7.09. The molecule has 1 atom stereocenters. The number of fused-ring (bicyclic) bond motifs is 1. The molecule has 0 radical (unpaired) electrons. The summed E-state index contributed by atoms with van der Waals surface area (Å²) in [7, 11) is 0. The van der Waals surface area contributed by atoms with Crippen LogP contribution in [0.2, 0.25) is 0 Å². The van der Waals surface area contributed by atoms with Gasteiger partial charge in [0.2, 0.25) is 0 Å². The number of anilines is 3. The molecule has 1 unspecified atom stereocenters. The highest BCUT2D eigenvalue weighted by atomic mass is 19.4. The van der Waals surface area contributed by atoms with E-state index in [0.29, 0.717) is 29.0 Å². The summed E-state index contributed by atoms with van der Waals surface area (Å²) in [5, 5.41) is 16.7. The zero-order chi connectivity index (χ0) is 20.4. The van der Waals surface area contributed by atoms with Crippen LogP contribution in [-0.2, 0) is 16.6 Å². The number of hydrogen-bond donors (Lipinski definition) is 3. The van der Waals surface area contributed by atoms with Gasteiger partial charge in [0.15, 0.2) is 5.60 Å². The van der Waals surface area contributed by atoms with Crippen molar-refractivity contribution in [3.63, 3.8) is 0 Å². The molecule has 150 valence electrons. The maximum atomic E-state index is 12.7. The average Bonchev–Trinajstić information content (AvgIpc) is 2.89. The second-order valence-electron chi connectivity index (χ2n) is 7.09. The minimum absolute atomic E-state index is 0.329. The fraction of sp³-hybridized carbons (Fsp3) is 0.381. The predicted molar refractivity (Wildman–Crippen MR) is 102 cm³/mol. The van der Waals surface area contributed by atoms with E-state index < -0.39 is 23.2 Å². The monoisotopic (exact) mass is 392 g/mol. The molecule has 3 rings (SSSR count). The molecule has 0 aliphatic carbocycles. The Morgan fingerprint density at radius 2 is 1.71 bits per heavy atom. The number of nitrogens with one attached hydrogen (secondary N) is 2. The summed E-state index contributed by atoms with van der Waals surface area (Å²) in [6.45, 7) is 2.09. The van der Waals surface area contributed by atoms with Gasteiger partial charge in [-0.05, 0) is 55.3 Å². The molecular weight excluding hydrogens is 369 g/mol. The SMILES string of the molecule is CCCCCCC1(O)C(=O)Nc2ccc(Nc3ccc(C(F)(F)F)cc3)cc21. The van der Waals surface area contributed by atoms with Crippen LogP contribution in [-0.4, -0.2) is 11.0 Å². The number of unbranched alkanes of at least 4 members (excludes halogenated alkanes) is 3. The molecule has 0 saturated heterocycles. The van der Waals surface area contributed by atoms with Crippen LogP contribution in [0.5, 0.6) is 0 Å². The van der Waals surface area contributed by atoms with Crippen LogP contribution in [0.1, 0.15) is 50.2 Å². The summed E-state index contributed by atoms with van der Waals surface area (Å²) < 4.78 is 38.0. The smallest absolute Gasteiger partial charge is 0.375 e. The Labute approximate surface area is 161 Å². The predicted octanol–water partition coefficient (Wildman–Crippen LogP) is 5.56. The molecule has 2 aromatic carbocycles. The molecule has 2 aromatic rings. The lowest BCUT2D eigenvalue weighted by atomic mass is 9.89. The first-order valence-electron chi connectivity index (χ1n) is 9.36. The molecule has 0 saturated carbocycles. The Hall–Kier alpha value is -2.54. The topological polar surface area (TPSA) is 61.4 Å². The molecule has 1 aliphatic rings. The van der Waals surface area contributed by atoms with Crippen molar-refractivity contribution in [3.05, 3.63) is 53.6 Å². The van der Waals surface area contributed by atoms with E-state index in [0.717, 1.165) is 37.8 Å². The van der Waals surface area contributed by atoms with E-state index in [1.165, 1.54) is 12.1 Å². The Kier molecular flexibility index (Phi) is 5.65. The highest BCUT2D eigenvalue weighted by Crippen LogP contribution is 2.41. The fourth-order valence-electron chi connectivity index (χ4n) is 3.39. The van der Waals surface area contributed by atoms with Gasteiger partial charge in [-0.1, -0.05) is 26.2 Å². The van der Waals surface area contributed by atoms with Gasteiger partial charge in [0.1, 0.15) is 0 Å². The molecule has 0 bridgehead atoms. The molecule has 4 nitrogen and oxygen atoms in total. The van der Waals surface area contributed by atoms with Crippen LogP contribution in [0.25, 0.3) is 0 Å². The summed E-state index contributed by atoms with van der Waals surface area (Å²) in [6.07, 6.45) is -0.289. The summed E-state index contributed by atoms with van der Waals surface area (Å²) in [5.41, 5.74) is -0.185. The minimum Gasteiger partial charge on any atom is -0.375 e. The zero-order valence-electron chi connectivity index (χ0n) is 15.6. The fourth-order valence-corrected chi connectivity index (χ4v) is 3.39. The van der Waals surface area contributed by atoms with Crippen LogP contribution < -0.4 is 10.6 Å². The van der Waals surface area contributed by atoms with Crippen molar-refractivity contribution >= 4 is 23.0 Å². The lowest BCUT2D eigenvalue weighted by Crippen LogP contribution is -2.34. The normalized spacial score (nSPS) is 18.7. The highest BCUT2D eigenvalue weighted by Gasteiger charge is 2.44. The van der Waals surface area contributed by atoms with Gasteiger partial charge in [-0.25, -0.2) is 0 Å².